The summed E-state index contributed by atoms with van der Waals surface area (Å²) in [5.74, 6) is 0.632. The molecule has 0 bridgehead atoms. The first-order chi connectivity index (χ1) is 53.5. The van der Waals surface area contributed by atoms with Crippen LogP contribution in [0.2, 0.25) is 0 Å². The van der Waals surface area contributed by atoms with Gasteiger partial charge in [0.2, 0.25) is 0 Å². The molecule has 108 heavy (non-hydrogen) atoms. The van der Waals surface area contributed by atoms with Crippen molar-refractivity contribution in [2.24, 2.45) is 0 Å². The zero-order valence-electron chi connectivity index (χ0n) is 58.0. The van der Waals surface area contributed by atoms with E-state index in [0.29, 0.717) is 5.82 Å². The third-order valence-electron chi connectivity index (χ3n) is 22.3. The number of hydrogen-bond acceptors (Lipinski definition) is 5. The van der Waals surface area contributed by atoms with Gasteiger partial charge in [-0.2, -0.15) is 0 Å². The Labute approximate surface area is 617 Å². The Morgan fingerprint density at radius 2 is 0.407 bits per heavy atom. The van der Waals surface area contributed by atoms with Gasteiger partial charge in [-0.1, -0.05) is 224 Å². The molecule has 0 N–H and O–H groups in total. The van der Waals surface area contributed by atoms with Gasteiger partial charge in [0.25, 0.3) is 0 Å². The topological polar surface area (TPSA) is 80.0 Å². The molecule has 0 fully saturated rings. The van der Waals surface area contributed by atoms with E-state index >= 15 is 0 Å². The van der Waals surface area contributed by atoms with E-state index in [-0.39, 0.29) is 0 Å². The van der Waals surface area contributed by atoms with E-state index in [1.165, 1.54) is 32.3 Å². The molecule has 0 aliphatic rings. The second-order valence-electron chi connectivity index (χ2n) is 28.4. The van der Waals surface area contributed by atoms with E-state index < -0.39 is 0 Å². The highest BCUT2D eigenvalue weighted by Gasteiger charge is 2.21. The van der Waals surface area contributed by atoms with Crippen LogP contribution in [-0.4, -0.2) is 23.7 Å². The van der Waals surface area contributed by atoms with Gasteiger partial charge in [-0.3, -0.25) is 0 Å². The normalized spacial score (nSPS) is 12.1. The van der Waals surface area contributed by atoms with E-state index in [1.807, 2.05) is 36.4 Å². The summed E-state index contributed by atoms with van der Waals surface area (Å²) >= 11 is 0. The van der Waals surface area contributed by atoms with Crippen molar-refractivity contribution in [3.8, 4) is 95.5 Å². The molecule has 7 aromatic heterocycles. The van der Waals surface area contributed by atoms with Crippen LogP contribution in [0.1, 0.15) is 0 Å². The van der Waals surface area contributed by atoms with Gasteiger partial charge in [-0.15, -0.1) is 0 Å². The summed E-state index contributed by atoms with van der Waals surface area (Å²) in [4.78, 5) is 10.9. The van der Waals surface area contributed by atoms with Gasteiger partial charge in [0.15, 0.2) is 5.82 Å². The fraction of sp³-hybridized carbons (Fsp3) is 0. The maximum Gasteiger partial charge on any atom is 0.160 e. The molecule has 8 heteroatoms. The molecule has 0 unspecified atom stereocenters. The largest absolute Gasteiger partial charge is 0.456 e. The first-order valence-corrected chi connectivity index (χ1v) is 36.6. The van der Waals surface area contributed by atoms with Crippen molar-refractivity contribution in [1.29, 1.82) is 0 Å². The van der Waals surface area contributed by atoms with Crippen molar-refractivity contribution < 1.29 is 13.3 Å². The minimum atomic E-state index is 0.632. The van der Waals surface area contributed by atoms with E-state index in [1.54, 1.807) is 0 Å². The predicted octanol–water partition coefficient (Wildman–Crippen LogP) is 27.1. The molecular formula is C100H59N5O3. The molecule has 0 spiro atoms. The fourth-order valence-electron chi connectivity index (χ4n) is 17.1. The summed E-state index contributed by atoms with van der Waals surface area (Å²) in [7, 11) is 0. The highest BCUT2D eigenvalue weighted by Crippen LogP contribution is 2.43. The molecular weight excluding hydrogens is 1320 g/mol. The zero-order valence-corrected chi connectivity index (χ0v) is 58.0. The summed E-state index contributed by atoms with van der Waals surface area (Å²) in [6.45, 7) is 0. The van der Waals surface area contributed by atoms with Crippen LogP contribution in [-0.2, 0) is 0 Å². The average Bonchev–Trinajstić information content (AvgIpc) is 1.49. The maximum absolute atomic E-state index is 6.39. The Balaban J connectivity index is 0.609. The number of nitrogens with zero attached hydrogens (tertiary/aromatic N) is 5. The van der Waals surface area contributed by atoms with Gasteiger partial charge in [0.05, 0.1) is 44.5 Å². The van der Waals surface area contributed by atoms with E-state index in [2.05, 4.69) is 335 Å². The molecule has 7 heterocycles. The second-order valence-corrected chi connectivity index (χ2v) is 28.4. The number of rotatable bonds is 10. The molecule has 0 aliphatic carbocycles. The van der Waals surface area contributed by atoms with Crippen molar-refractivity contribution in [1.82, 2.24) is 23.7 Å². The lowest BCUT2D eigenvalue weighted by Crippen LogP contribution is -1.98. The van der Waals surface area contributed by atoms with Gasteiger partial charge >= 0.3 is 0 Å². The first-order valence-electron chi connectivity index (χ1n) is 36.6. The predicted molar refractivity (Wildman–Crippen MR) is 445 cm³/mol. The van der Waals surface area contributed by atoms with Gasteiger partial charge < -0.3 is 27.0 Å². The van der Waals surface area contributed by atoms with E-state index in [4.69, 9.17) is 23.2 Å². The van der Waals surface area contributed by atoms with Crippen LogP contribution in [0.5, 0.6) is 0 Å². The van der Waals surface area contributed by atoms with Gasteiger partial charge in [-0.25, -0.2) is 9.97 Å². The van der Waals surface area contributed by atoms with Crippen LogP contribution < -0.4 is 0 Å². The third-order valence-corrected chi connectivity index (χ3v) is 22.3. The van der Waals surface area contributed by atoms with E-state index in [9.17, 15) is 0 Å². The molecule has 502 valence electrons. The molecule has 0 aliphatic heterocycles. The third kappa shape index (κ3) is 9.43. The molecule has 23 rings (SSSR count). The Hall–Kier alpha value is -14.6. The summed E-state index contributed by atoms with van der Waals surface area (Å²) in [5.41, 5.74) is 28.6. The highest BCUT2D eigenvalue weighted by atomic mass is 16.3. The zero-order chi connectivity index (χ0) is 70.7. The molecule has 0 saturated heterocycles. The minimum Gasteiger partial charge on any atom is -0.456 e. The Bertz CT molecular complexity index is 7360. The van der Waals surface area contributed by atoms with E-state index in [0.717, 1.165) is 189 Å². The average molecular weight is 1380 g/mol. The Morgan fingerprint density at radius 1 is 0.167 bits per heavy atom. The monoisotopic (exact) mass is 1380 g/mol. The second kappa shape index (κ2) is 23.5. The first kappa shape index (κ1) is 59.9. The quantitative estimate of drug-likeness (QED) is 0.136. The lowest BCUT2D eigenvalue weighted by atomic mass is 10.0. The summed E-state index contributed by atoms with van der Waals surface area (Å²) in [5, 5.41) is 13.9. The smallest absolute Gasteiger partial charge is 0.160 e. The lowest BCUT2D eigenvalue weighted by molar-refractivity contribution is 0.668. The van der Waals surface area contributed by atoms with Crippen LogP contribution in [0, 0.1) is 0 Å². The van der Waals surface area contributed by atoms with Crippen molar-refractivity contribution in [3.05, 3.63) is 358 Å². The molecule has 23 aromatic rings. The van der Waals surface area contributed by atoms with Crippen LogP contribution in [0.4, 0.5) is 0 Å². The Morgan fingerprint density at radius 3 is 0.750 bits per heavy atom. The van der Waals surface area contributed by atoms with Crippen LogP contribution >= 0.6 is 0 Å². The molecule has 0 amide bonds. The molecule has 16 aromatic carbocycles. The fourth-order valence-corrected chi connectivity index (χ4v) is 17.1. The van der Waals surface area contributed by atoms with Crippen LogP contribution in [0.15, 0.2) is 371 Å². The van der Waals surface area contributed by atoms with Gasteiger partial charge in [0.1, 0.15) is 33.5 Å². The van der Waals surface area contributed by atoms with Crippen molar-refractivity contribution >= 4 is 131 Å². The lowest BCUT2D eigenvalue weighted by Gasteiger charge is -2.13. The molecule has 8 nitrogen and oxygen atoms in total. The van der Waals surface area contributed by atoms with Gasteiger partial charge in [0, 0.05) is 98.4 Å². The number of aromatic nitrogens is 5. The standard InChI is InChI=1S/C100H59N5O3/c1-7-19-88-74(13-1)77-47-35-65(68-38-50-83-80-16-4-10-22-94(80)106-97(83)56-68)53-91(77)103(88)71-41-29-61(30-42-71)60-25-27-64(28-26-60)100-101-86(62-31-43-72(44-32-62)104-89-20-8-2-14-75(89)78-48-36-66(54-92(78)104)69-39-51-84-81-17-5-11-23-95(81)107-98(84)57-69)59-87(102-100)63-33-45-73(46-34-63)105-90-21-9-3-15-76(90)79-49-37-67(55-93(79)105)70-40-52-85-82-18-6-12-24-96(82)108-99(85)58-70/h1-59H. The minimum absolute atomic E-state index is 0.632. The van der Waals surface area contributed by atoms with Crippen molar-refractivity contribution in [2.75, 3.05) is 0 Å². The summed E-state index contributed by atoms with van der Waals surface area (Å²) in [6.07, 6.45) is 0. The van der Waals surface area contributed by atoms with Gasteiger partial charge in [-0.05, 0) is 178 Å². The number of benzene rings is 16. The van der Waals surface area contributed by atoms with Crippen molar-refractivity contribution in [3.63, 3.8) is 0 Å². The molecule has 0 saturated carbocycles. The highest BCUT2D eigenvalue weighted by molar-refractivity contribution is 6.15. The maximum atomic E-state index is 6.39. The van der Waals surface area contributed by atoms with Crippen molar-refractivity contribution in [2.45, 2.75) is 0 Å². The summed E-state index contributed by atoms with van der Waals surface area (Å²) < 4.78 is 26.3. The summed E-state index contributed by atoms with van der Waals surface area (Å²) in [6, 6.07) is 128. The number of hydrogen-bond donors (Lipinski definition) is 0. The molecule has 0 radical (unpaired) electrons. The SMILES string of the molecule is c1ccc2c(c1)oc1cc(-c3ccc4c5ccccc5n(-c5ccc(-c6ccc(-c7nc(-c8ccc(-n9c%10ccccc%10c%10ccc(-c%11ccc%12c(c%11)oc%11ccccc%11%12)cc%109)cc8)cc(-c8ccc(-n9c%10ccccc%10c%10ccc(-c%11ccc%12c(c%11)oc%11ccccc%11%12)cc%109)cc8)n7)cc6)cc5)c4c3)ccc12. The number of furan rings is 3. The Kier molecular flexibility index (Phi) is 13.0. The number of fused-ring (bicyclic) bond motifs is 18. The van der Waals surface area contributed by atoms with Crippen LogP contribution in [0.25, 0.3) is 227 Å². The number of para-hydroxylation sites is 6. The van der Waals surface area contributed by atoms with Crippen LogP contribution in [0.3, 0.4) is 0 Å². The molecule has 0 atom stereocenters.